The van der Waals surface area contributed by atoms with E-state index in [-0.39, 0.29) is 23.1 Å². The number of thiazole rings is 2. The first kappa shape index (κ1) is 18.7. The van der Waals surface area contributed by atoms with E-state index in [1.54, 1.807) is 42.0 Å². The lowest BCUT2D eigenvalue weighted by atomic mass is 10.2. The lowest BCUT2D eigenvalue weighted by Crippen LogP contribution is -2.30. The van der Waals surface area contributed by atoms with Crippen molar-refractivity contribution in [2.45, 2.75) is 6.54 Å². The molecule has 0 N–H and O–H groups in total. The third-order valence-corrected chi connectivity index (χ3v) is 6.32. The minimum atomic E-state index is -0.760. The summed E-state index contributed by atoms with van der Waals surface area (Å²) in [5.41, 5.74) is 3.66. The van der Waals surface area contributed by atoms with E-state index in [1.807, 2.05) is 6.07 Å². The zero-order valence-electron chi connectivity index (χ0n) is 15.3. The molecule has 3 aromatic heterocycles. The number of benzene rings is 2. The summed E-state index contributed by atoms with van der Waals surface area (Å²) in [4.78, 5) is 27.7. The number of carbonyl (C=O) groups is 1. The maximum Gasteiger partial charge on any atom is 0.260 e. The van der Waals surface area contributed by atoms with E-state index in [2.05, 4.69) is 15.0 Å². The summed E-state index contributed by atoms with van der Waals surface area (Å²) in [6, 6.07) is 12.6. The van der Waals surface area contributed by atoms with E-state index in [9.17, 15) is 13.6 Å². The van der Waals surface area contributed by atoms with Gasteiger partial charge in [0.1, 0.15) is 11.3 Å². The number of nitrogens with zero attached hydrogens (tertiary/aromatic N) is 4. The van der Waals surface area contributed by atoms with Gasteiger partial charge in [0.2, 0.25) is 0 Å². The molecule has 0 saturated carbocycles. The molecular formula is C21H12F2N4OS2. The molecule has 0 radical (unpaired) electrons. The van der Waals surface area contributed by atoms with Crippen LogP contribution in [0.15, 0.2) is 60.2 Å². The molecular weight excluding hydrogens is 426 g/mol. The largest absolute Gasteiger partial charge is 0.278 e. The molecule has 1 amide bonds. The summed E-state index contributed by atoms with van der Waals surface area (Å²) in [5, 5.41) is 0.273. The highest BCUT2D eigenvalue weighted by atomic mass is 32.1. The fourth-order valence-electron chi connectivity index (χ4n) is 3.08. The molecule has 9 heteroatoms. The number of fused-ring (bicyclic) bond motifs is 2. The van der Waals surface area contributed by atoms with E-state index in [4.69, 9.17) is 0 Å². The van der Waals surface area contributed by atoms with E-state index < -0.39 is 11.6 Å². The van der Waals surface area contributed by atoms with Gasteiger partial charge in [-0.3, -0.25) is 14.7 Å². The van der Waals surface area contributed by atoms with Gasteiger partial charge in [-0.05, 0) is 36.4 Å². The smallest absolute Gasteiger partial charge is 0.260 e. The summed E-state index contributed by atoms with van der Waals surface area (Å²) < 4.78 is 29.1. The fourth-order valence-corrected chi connectivity index (χ4v) is 4.80. The van der Waals surface area contributed by atoms with E-state index >= 15 is 0 Å². The Labute approximate surface area is 177 Å². The van der Waals surface area contributed by atoms with Crippen molar-refractivity contribution in [2.75, 3.05) is 4.90 Å². The minimum absolute atomic E-state index is 0.0353. The second-order valence-electron chi connectivity index (χ2n) is 6.48. The van der Waals surface area contributed by atoms with Gasteiger partial charge < -0.3 is 0 Å². The fraction of sp³-hybridized carbons (Fsp3) is 0.0476. The highest BCUT2D eigenvalue weighted by Gasteiger charge is 2.24. The monoisotopic (exact) mass is 438 g/mol. The number of carbonyl (C=O) groups excluding carboxylic acids is 1. The van der Waals surface area contributed by atoms with Gasteiger partial charge in [0.05, 0.1) is 32.7 Å². The molecule has 30 heavy (non-hydrogen) atoms. The SMILES string of the molecule is O=C(c1ccc2ncsc2c1)N(Cc1ccccn1)c1nc2c(F)cc(F)cc2s1. The number of rotatable bonds is 4. The van der Waals surface area contributed by atoms with Crippen molar-refractivity contribution in [2.24, 2.45) is 0 Å². The van der Waals surface area contributed by atoms with Crippen LogP contribution in [0, 0.1) is 11.6 Å². The third-order valence-electron chi connectivity index (χ3n) is 4.50. The van der Waals surface area contributed by atoms with Crippen molar-refractivity contribution in [3.05, 3.63) is 83.1 Å². The zero-order valence-corrected chi connectivity index (χ0v) is 16.9. The van der Waals surface area contributed by atoms with Gasteiger partial charge in [0, 0.05) is 17.8 Å². The van der Waals surface area contributed by atoms with Crippen LogP contribution in [-0.2, 0) is 6.54 Å². The Morgan fingerprint density at radius 3 is 2.77 bits per heavy atom. The number of hydrogen-bond donors (Lipinski definition) is 0. The lowest BCUT2D eigenvalue weighted by Gasteiger charge is -2.19. The van der Waals surface area contributed by atoms with E-state index in [0.717, 1.165) is 27.6 Å². The molecule has 0 saturated heterocycles. The Morgan fingerprint density at radius 2 is 1.93 bits per heavy atom. The van der Waals surface area contributed by atoms with Gasteiger partial charge in [0.15, 0.2) is 10.9 Å². The van der Waals surface area contributed by atoms with Crippen LogP contribution in [0.25, 0.3) is 20.4 Å². The molecule has 0 aliphatic rings. The van der Waals surface area contributed by atoms with Gasteiger partial charge in [-0.1, -0.05) is 17.4 Å². The molecule has 5 rings (SSSR count). The van der Waals surface area contributed by atoms with Crippen LogP contribution in [0.1, 0.15) is 16.1 Å². The summed E-state index contributed by atoms with van der Waals surface area (Å²) in [6.07, 6.45) is 1.63. The highest BCUT2D eigenvalue weighted by molar-refractivity contribution is 7.22. The molecule has 0 bridgehead atoms. The molecule has 148 valence electrons. The number of halogens is 2. The van der Waals surface area contributed by atoms with Gasteiger partial charge in [-0.15, -0.1) is 11.3 Å². The maximum absolute atomic E-state index is 14.2. The quantitative estimate of drug-likeness (QED) is 0.376. The summed E-state index contributed by atoms with van der Waals surface area (Å²) >= 11 is 2.50. The molecule has 0 fully saturated rings. The standard InChI is InChI=1S/C21H12F2N4OS2/c22-13-8-15(23)19-18(9-13)30-21(26-19)27(10-14-3-1-2-6-24-14)20(28)12-4-5-16-17(7-12)29-11-25-16/h1-9,11H,10H2. The van der Waals surface area contributed by atoms with Crippen molar-refractivity contribution in [1.29, 1.82) is 0 Å². The third kappa shape index (κ3) is 3.42. The van der Waals surface area contributed by atoms with Crippen LogP contribution in [-0.4, -0.2) is 20.9 Å². The molecule has 5 aromatic rings. The van der Waals surface area contributed by atoms with Crippen LogP contribution in [0.3, 0.4) is 0 Å². The van der Waals surface area contributed by atoms with Crippen molar-refractivity contribution < 1.29 is 13.6 Å². The Hall–Kier alpha value is -3.30. The molecule has 0 aliphatic carbocycles. The topological polar surface area (TPSA) is 59.0 Å². The summed E-state index contributed by atoms with van der Waals surface area (Å²) in [5.74, 6) is -1.76. The average Bonchev–Trinajstić information content (AvgIpc) is 3.38. The number of anilines is 1. The van der Waals surface area contributed by atoms with Crippen molar-refractivity contribution in [3.8, 4) is 0 Å². The van der Waals surface area contributed by atoms with Gasteiger partial charge in [-0.25, -0.2) is 18.7 Å². The summed E-state index contributed by atoms with van der Waals surface area (Å²) in [7, 11) is 0. The van der Waals surface area contributed by atoms with Gasteiger partial charge in [0.25, 0.3) is 5.91 Å². The maximum atomic E-state index is 14.2. The molecule has 0 unspecified atom stereocenters. The van der Waals surface area contributed by atoms with Crippen LogP contribution in [0.2, 0.25) is 0 Å². The second kappa shape index (κ2) is 7.51. The first-order chi connectivity index (χ1) is 14.6. The highest BCUT2D eigenvalue weighted by Crippen LogP contribution is 2.33. The van der Waals surface area contributed by atoms with Crippen molar-refractivity contribution in [3.63, 3.8) is 0 Å². The molecule has 0 spiro atoms. The molecule has 0 aliphatic heterocycles. The number of pyridine rings is 1. The van der Waals surface area contributed by atoms with Gasteiger partial charge in [-0.2, -0.15) is 0 Å². The Bertz CT molecular complexity index is 1380. The van der Waals surface area contributed by atoms with Crippen molar-refractivity contribution in [1.82, 2.24) is 15.0 Å². The van der Waals surface area contributed by atoms with Gasteiger partial charge >= 0.3 is 0 Å². The minimum Gasteiger partial charge on any atom is -0.278 e. The predicted octanol–water partition coefficient (Wildman–Crippen LogP) is 5.43. The molecule has 0 atom stereocenters. The van der Waals surface area contributed by atoms with Crippen LogP contribution < -0.4 is 4.90 Å². The predicted molar refractivity (Wildman–Crippen MR) is 114 cm³/mol. The van der Waals surface area contributed by atoms with Crippen LogP contribution in [0.5, 0.6) is 0 Å². The molecule has 2 aromatic carbocycles. The Morgan fingerprint density at radius 1 is 1.03 bits per heavy atom. The first-order valence-corrected chi connectivity index (χ1v) is 10.6. The second-order valence-corrected chi connectivity index (χ2v) is 8.37. The Kier molecular flexibility index (Phi) is 4.68. The zero-order chi connectivity index (χ0) is 20.7. The normalized spacial score (nSPS) is 11.3. The Balaban J connectivity index is 1.61. The van der Waals surface area contributed by atoms with Crippen LogP contribution >= 0.6 is 22.7 Å². The number of aromatic nitrogens is 3. The molecule has 5 nitrogen and oxygen atoms in total. The molecule has 3 heterocycles. The number of amides is 1. The van der Waals surface area contributed by atoms with E-state index in [0.29, 0.717) is 16.0 Å². The van der Waals surface area contributed by atoms with Crippen molar-refractivity contribution >= 4 is 54.1 Å². The summed E-state index contributed by atoms with van der Waals surface area (Å²) in [6.45, 7) is 0.143. The van der Waals surface area contributed by atoms with E-state index in [1.165, 1.54) is 22.3 Å². The number of hydrogen-bond acceptors (Lipinski definition) is 6. The van der Waals surface area contributed by atoms with Crippen LogP contribution in [0.4, 0.5) is 13.9 Å². The first-order valence-electron chi connectivity index (χ1n) is 8.89. The average molecular weight is 438 g/mol. The lowest BCUT2D eigenvalue weighted by molar-refractivity contribution is 0.0985.